The van der Waals surface area contributed by atoms with Crippen LogP contribution in [0.5, 0.6) is 0 Å². The van der Waals surface area contributed by atoms with E-state index in [1.807, 2.05) is 20.9 Å². The minimum Gasteiger partial charge on any atom is -0.368 e. The van der Waals surface area contributed by atoms with Gasteiger partial charge in [0.25, 0.3) is 0 Å². The van der Waals surface area contributed by atoms with E-state index in [0.29, 0.717) is 19.6 Å². The molecule has 9 nitrogen and oxygen atoms in total. The van der Waals surface area contributed by atoms with Crippen LogP contribution in [0.25, 0.3) is 11.0 Å². The van der Waals surface area contributed by atoms with Gasteiger partial charge in [0.2, 0.25) is 0 Å². The molecular formula is C17H26IN9S. The summed E-state index contributed by atoms with van der Waals surface area (Å²) in [6, 6.07) is 0. The molecule has 0 amide bonds. The molecule has 0 radical (unpaired) electrons. The molecule has 3 N–H and O–H groups in total. The van der Waals surface area contributed by atoms with Crippen molar-refractivity contribution >= 4 is 58.1 Å². The summed E-state index contributed by atoms with van der Waals surface area (Å²) in [6.45, 7) is 8.94. The van der Waals surface area contributed by atoms with Gasteiger partial charge in [0.15, 0.2) is 11.6 Å². The van der Waals surface area contributed by atoms with Crippen molar-refractivity contribution in [3.05, 3.63) is 28.1 Å². The fraction of sp³-hybridized carbons (Fsp3) is 0.471. The molecule has 0 aromatic carbocycles. The predicted molar refractivity (Wildman–Crippen MR) is 125 cm³/mol. The number of aromatic nitrogens is 5. The topological polar surface area (TPSA) is 105 Å². The molecule has 0 aliphatic carbocycles. The van der Waals surface area contributed by atoms with E-state index in [1.165, 1.54) is 4.88 Å². The van der Waals surface area contributed by atoms with Crippen LogP contribution in [0.15, 0.2) is 17.5 Å². The fourth-order valence-corrected chi connectivity index (χ4v) is 3.54. The van der Waals surface area contributed by atoms with Gasteiger partial charge in [-0.3, -0.25) is 4.68 Å². The fourth-order valence-electron chi connectivity index (χ4n) is 2.68. The van der Waals surface area contributed by atoms with E-state index in [1.54, 1.807) is 28.5 Å². The molecule has 0 unspecified atom stereocenters. The molecule has 0 spiro atoms. The highest BCUT2D eigenvalue weighted by Gasteiger charge is 2.07. The molecule has 0 bridgehead atoms. The predicted octanol–water partition coefficient (Wildman–Crippen LogP) is 2.22. The first-order valence-corrected chi connectivity index (χ1v) is 9.71. The van der Waals surface area contributed by atoms with E-state index in [9.17, 15) is 0 Å². The smallest absolute Gasteiger partial charge is 0.191 e. The van der Waals surface area contributed by atoms with E-state index >= 15 is 0 Å². The van der Waals surface area contributed by atoms with E-state index in [4.69, 9.17) is 0 Å². The molecule has 0 aliphatic heterocycles. The molecule has 3 rings (SSSR count). The zero-order valence-corrected chi connectivity index (χ0v) is 19.6. The Hall–Kier alpha value is -2.02. The van der Waals surface area contributed by atoms with Gasteiger partial charge in [-0.2, -0.15) is 5.10 Å². The highest BCUT2D eigenvalue weighted by Crippen LogP contribution is 2.18. The van der Waals surface area contributed by atoms with Crippen LogP contribution in [0.3, 0.4) is 0 Å². The maximum atomic E-state index is 4.65. The Bertz CT molecular complexity index is 934. The van der Waals surface area contributed by atoms with Crippen LogP contribution in [0, 0.1) is 13.8 Å². The Morgan fingerprint density at radius 1 is 1.21 bits per heavy atom. The van der Waals surface area contributed by atoms with Gasteiger partial charge in [-0.05, 0) is 20.8 Å². The summed E-state index contributed by atoms with van der Waals surface area (Å²) < 4.78 is 1.74. The quantitative estimate of drug-likeness (QED) is 0.192. The zero-order chi connectivity index (χ0) is 19.2. The lowest BCUT2D eigenvalue weighted by Crippen LogP contribution is -2.39. The molecule has 0 atom stereocenters. The summed E-state index contributed by atoms with van der Waals surface area (Å²) in [5.74, 6) is 1.58. The molecule has 11 heteroatoms. The number of anilines is 1. The normalized spacial score (nSPS) is 11.4. The van der Waals surface area contributed by atoms with E-state index in [2.05, 4.69) is 47.9 Å². The Morgan fingerprint density at radius 3 is 2.75 bits per heavy atom. The maximum Gasteiger partial charge on any atom is 0.191 e. The lowest BCUT2D eigenvalue weighted by Gasteiger charge is -2.12. The third kappa shape index (κ3) is 5.50. The number of hydrogen-bond acceptors (Lipinski definition) is 7. The van der Waals surface area contributed by atoms with Crippen molar-refractivity contribution in [2.75, 3.05) is 25.0 Å². The van der Waals surface area contributed by atoms with Crippen LogP contribution in [0.2, 0.25) is 0 Å². The zero-order valence-electron chi connectivity index (χ0n) is 16.5. The van der Waals surface area contributed by atoms with Gasteiger partial charge in [-0.15, -0.1) is 35.3 Å². The third-order valence-corrected chi connectivity index (χ3v) is 5.02. The summed E-state index contributed by atoms with van der Waals surface area (Å²) in [7, 11) is 1.87. The van der Waals surface area contributed by atoms with Crippen LogP contribution >= 0.6 is 35.3 Å². The molecule has 0 aliphatic rings. The third-order valence-electron chi connectivity index (χ3n) is 3.96. The Labute approximate surface area is 185 Å². The number of halogens is 1. The molecule has 3 aromatic rings. The molecular weight excluding hydrogens is 489 g/mol. The number of fused-ring (bicyclic) bond motifs is 1. The van der Waals surface area contributed by atoms with Crippen molar-refractivity contribution < 1.29 is 0 Å². The summed E-state index contributed by atoms with van der Waals surface area (Å²) in [5, 5.41) is 16.1. The first-order valence-electron chi connectivity index (χ1n) is 8.90. The second-order valence-electron chi connectivity index (χ2n) is 6.02. The van der Waals surface area contributed by atoms with Gasteiger partial charge in [-0.1, -0.05) is 0 Å². The number of aliphatic imine (C=N–C) groups is 1. The highest BCUT2D eigenvalue weighted by atomic mass is 127. The van der Waals surface area contributed by atoms with Crippen LogP contribution in [0.1, 0.15) is 22.5 Å². The molecule has 3 aromatic heterocycles. The van der Waals surface area contributed by atoms with Crippen molar-refractivity contribution in [3.63, 3.8) is 0 Å². The molecule has 152 valence electrons. The Balaban J connectivity index is 0.00000280. The maximum absolute atomic E-state index is 4.65. The van der Waals surface area contributed by atoms with Crippen LogP contribution < -0.4 is 16.0 Å². The summed E-state index contributed by atoms with van der Waals surface area (Å²) >= 11 is 1.69. The highest BCUT2D eigenvalue weighted by molar-refractivity contribution is 14.0. The van der Waals surface area contributed by atoms with Crippen LogP contribution in [-0.4, -0.2) is 50.3 Å². The summed E-state index contributed by atoms with van der Waals surface area (Å²) in [4.78, 5) is 18.9. The lowest BCUT2D eigenvalue weighted by molar-refractivity contribution is 0.785. The average Bonchev–Trinajstić information content (AvgIpc) is 3.18. The van der Waals surface area contributed by atoms with E-state index in [0.717, 1.165) is 40.1 Å². The minimum absolute atomic E-state index is 0. The van der Waals surface area contributed by atoms with Crippen LogP contribution in [-0.2, 0) is 13.6 Å². The molecule has 0 saturated heterocycles. The molecule has 3 heterocycles. The van der Waals surface area contributed by atoms with Gasteiger partial charge in [-0.25, -0.2) is 19.9 Å². The van der Waals surface area contributed by atoms with E-state index < -0.39 is 0 Å². The van der Waals surface area contributed by atoms with Crippen LogP contribution in [0.4, 0.5) is 5.82 Å². The van der Waals surface area contributed by atoms with Crippen molar-refractivity contribution in [3.8, 4) is 0 Å². The molecule has 28 heavy (non-hydrogen) atoms. The number of nitrogens with one attached hydrogen (secondary N) is 3. The monoisotopic (exact) mass is 515 g/mol. The molecule has 0 saturated carbocycles. The van der Waals surface area contributed by atoms with Gasteiger partial charge < -0.3 is 16.0 Å². The Kier molecular flexibility index (Phi) is 8.35. The van der Waals surface area contributed by atoms with Crippen molar-refractivity contribution in [2.24, 2.45) is 12.0 Å². The molecule has 0 fully saturated rings. The van der Waals surface area contributed by atoms with Crippen molar-refractivity contribution in [1.82, 2.24) is 35.4 Å². The number of thiazole rings is 1. The van der Waals surface area contributed by atoms with Gasteiger partial charge >= 0.3 is 0 Å². The average molecular weight is 515 g/mol. The lowest BCUT2D eigenvalue weighted by atomic mass is 10.4. The van der Waals surface area contributed by atoms with Crippen molar-refractivity contribution in [1.29, 1.82) is 0 Å². The van der Waals surface area contributed by atoms with Gasteiger partial charge in [0, 0.05) is 31.6 Å². The van der Waals surface area contributed by atoms with E-state index in [-0.39, 0.29) is 24.0 Å². The minimum atomic E-state index is 0. The SMILES string of the molecule is CCNC(=NCc1sc(C)nc1C)NCCNc1ncnc2c1cnn2C.I. The second-order valence-corrected chi connectivity index (χ2v) is 7.31. The first kappa shape index (κ1) is 22.3. The Morgan fingerprint density at radius 2 is 2.04 bits per heavy atom. The number of aryl methyl sites for hydroxylation is 3. The summed E-state index contributed by atoms with van der Waals surface area (Å²) in [5.41, 5.74) is 1.87. The number of guanidine groups is 1. The second kappa shape index (κ2) is 10.5. The number of rotatable bonds is 7. The van der Waals surface area contributed by atoms with Gasteiger partial charge in [0.1, 0.15) is 12.1 Å². The number of nitrogens with zero attached hydrogens (tertiary/aromatic N) is 6. The van der Waals surface area contributed by atoms with Gasteiger partial charge in [0.05, 0.1) is 28.8 Å². The largest absolute Gasteiger partial charge is 0.368 e. The summed E-state index contributed by atoms with van der Waals surface area (Å²) in [6.07, 6.45) is 3.32. The number of hydrogen-bond donors (Lipinski definition) is 3. The first-order chi connectivity index (χ1) is 13.1. The van der Waals surface area contributed by atoms with Crippen molar-refractivity contribution in [2.45, 2.75) is 27.3 Å². The standard InChI is InChI=1S/C17H25N9S.HI/c1-5-18-17(21-9-14-11(2)25-12(3)27-14)20-7-6-19-15-13-8-24-26(4)16(13)23-10-22-15;/h8,10H,5-7,9H2,1-4H3,(H2,18,20,21)(H,19,22,23);1H.